The maximum absolute atomic E-state index is 9.82. The third kappa shape index (κ3) is 3.09. The summed E-state index contributed by atoms with van der Waals surface area (Å²) >= 11 is 0. The number of nitrogens with zero attached hydrogens (tertiary/aromatic N) is 3. The predicted octanol–water partition coefficient (Wildman–Crippen LogP) is 3.81. The molecule has 2 aromatic carbocycles. The van der Waals surface area contributed by atoms with Crippen molar-refractivity contribution < 1.29 is 9.47 Å². The van der Waals surface area contributed by atoms with Crippen molar-refractivity contribution >= 4 is 5.69 Å². The minimum atomic E-state index is 0.238. The lowest BCUT2D eigenvalue weighted by atomic mass is 9.92. The normalized spacial score (nSPS) is 11.8. The SMILES string of the molecule is COc1cc2c(cc1OC)-c1cc(-c3ccc(N(C)C)cc3)c(C#N)c(=N)n1CC2. The molecule has 0 atom stereocenters. The van der Waals surface area contributed by atoms with E-state index in [0.29, 0.717) is 23.6 Å². The highest BCUT2D eigenvalue weighted by Crippen LogP contribution is 2.39. The van der Waals surface area contributed by atoms with Gasteiger partial charge < -0.3 is 18.9 Å². The summed E-state index contributed by atoms with van der Waals surface area (Å²) in [5, 5.41) is 18.5. The van der Waals surface area contributed by atoms with Gasteiger partial charge in [-0.2, -0.15) is 5.26 Å². The number of pyridine rings is 1. The molecule has 0 saturated heterocycles. The molecule has 0 saturated carbocycles. The van der Waals surface area contributed by atoms with Crippen LogP contribution in [0.25, 0.3) is 22.4 Å². The van der Waals surface area contributed by atoms with Crippen LogP contribution < -0.4 is 19.9 Å². The molecule has 0 spiro atoms. The Bertz CT molecular complexity index is 1220. The summed E-state index contributed by atoms with van der Waals surface area (Å²) in [7, 11) is 7.23. The number of methoxy groups -OCH3 is 2. The Balaban J connectivity index is 1.95. The Morgan fingerprint density at radius 2 is 1.67 bits per heavy atom. The number of fused-ring (bicyclic) bond motifs is 3. The molecule has 3 aromatic rings. The highest BCUT2D eigenvalue weighted by molar-refractivity contribution is 5.79. The van der Waals surface area contributed by atoms with Crippen LogP contribution in [-0.2, 0) is 13.0 Å². The largest absolute Gasteiger partial charge is 0.493 e. The fourth-order valence-corrected chi connectivity index (χ4v) is 4.00. The molecular formula is C24H24N4O2. The van der Waals surface area contributed by atoms with E-state index in [4.69, 9.17) is 14.9 Å². The minimum Gasteiger partial charge on any atom is -0.493 e. The van der Waals surface area contributed by atoms with E-state index in [1.165, 1.54) is 0 Å². The van der Waals surface area contributed by atoms with Gasteiger partial charge in [0.05, 0.1) is 19.9 Å². The second-order valence-electron chi connectivity index (χ2n) is 7.49. The zero-order valence-corrected chi connectivity index (χ0v) is 17.6. The molecule has 152 valence electrons. The van der Waals surface area contributed by atoms with Crippen molar-refractivity contribution in [3.63, 3.8) is 0 Å². The van der Waals surface area contributed by atoms with Crippen LogP contribution >= 0.6 is 0 Å². The van der Waals surface area contributed by atoms with Gasteiger partial charge >= 0.3 is 0 Å². The molecule has 0 radical (unpaired) electrons. The molecule has 4 rings (SSSR count). The second kappa shape index (κ2) is 7.60. The molecule has 1 aliphatic rings. The van der Waals surface area contributed by atoms with Gasteiger partial charge in [-0.1, -0.05) is 12.1 Å². The van der Waals surface area contributed by atoms with Crippen LogP contribution in [0.5, 0.6) is 11.5 Å². The Hall–Kier alpha value is -3.72. The van der Waals surface area contributed by atoms with E-state index in [0.717, 1.165) is 40.1 Å². The summed E-state index contributed by atoms with van der Waals surface area (Å²) in [5.41, 5.74) is 6.45. The molecule has 0 fully saturated rings. The maximum atomic E-state index is 9.82. The first-order chi connectivity index (χ1) is 14.5. The molecule has 0 bridgehead atoms. The summed E-state index contributed by atoms with van der Waals surface area (Å²) in [6.07, 6.45) is 0.765. The fourth-order valence-electron chi connectivity index (χ4n) is 4.00. The number of hydrogen-bond donors (Lipinski definition) is 1. The number of benzene rings is 2. The summed E-state index contributed by atoms with van der Waals surface area (Å²) in [6.45, 7) is 0.644. The Morgan fingerprint density at radius 1 is 1.00 bits per heavy atom. The fraction of sp³-hybridized carbons (Fsp3) is 0.250. The van der Waals surface area contributed by atoms with Crippen LogP contribution in [0.15, 0.2) is 42.5 Å². The van der Waals surface area contributed by atoms with E-state index < -0.39 is 0 Å². The van der Waals surface area contributed by atoms with Gasteiger partial charge in [0.15, 0.2) is 11.5 Å². The number of nitrogens with one attached hydrogen (secondary N) is 1. The van der Waals surface area contributed by atoms with Crippen molar-refractivity contribution in [2.45, 2.75) is 13.0 Å². The number of aryl methyl sites for hydroxylation is 1. The lowest BCUT2D eigenvalue weighted by Gasteiger charge is -2.25. The van der Waals surface area contributed by atoms with Crippen molar-refractivity contribution in [1.29, 1.82) is 10.7 Å². The smallest absolute Gasteiger partial charge is 0.161 e. The molecule has 30 heavy (non-hydrogen) atoms. The van der Waals surface area contributed by atoms with Crippen LogP contribution in [0.3, 0.4) is 0 Å². The average molecular weight is 400 g/mol. The first-order valence-corrected chi connectivity index (χ1v) is 9.74. The van der Waals surface area contributed by atoms with E-state index in [9.17, 15) is 5.26 Å². The molecule has 6 nitrogen and oxygen atoms in total. The molecule has 6 heteroatoms. The molecule has 0 aliphatic carbocycles. The highest BCUT2D eigenvalue weighted by atomic mass is 16.5. The summed E-state index contributed by atoms with van der Waals surface area (Å²) < 4.78 is 12.9. The lowest BCUT2D eigenvalue weighted by molar-refractivity contribution is 0.354. The number of aromatic nitrogens is 1. The number of rotatable bonds is 4. The van der Waals surface area contributed by atoms with Crippen molar-refractivity contribution in [2.75, 3.05) is 33.2 Å². The molecule has 0 unspecified atom stereocenters. The zero-order valence-electron chi connectivity index (χ0n) is 17.6. The van der Waals surface area contributed by atoms with Gasteiger partial charge in [-0.15, -0.1) is 0 Å². The van der Waals surface area contributed by atoms with Crippen molar-refractivity contribution in [3.8, 4) is 40.0 Å². The predicted molar refractivity (Wildman–Crippen MR) is 117 cm³/mol. The molecule has 0 amide bonds. The Morgan fingerprint density at radius 3 is 2.27 bits per heavy atom. The average Bonchev–Trinajstić information content (AvgIpc) is 2.77. The zero-order chi connectivity index (χ0) is 21.4. The summed E-state index contributed by atoms with van der Waals surface area (Å²) in [6, 6.07) is 16.3. The Labute approximate surface area is 176 Å². The van der Waals surface area contributed by atoms with Crippen molar-refractivity contribution in [2.24, 2.45) is 0 Å². The van der Waals surface area contributed by atoms with Gasteiger partial charge in [0.2, 0.25) is 0 Å². The van der Waals surface area contributed by atoms with E-state index in [1.54, 1.807) is 14.2 Å². The third-order valence-electron chi connectivity index (χ3n) is 5.64. The summed E-state index contributed by atoms with van der Waals surface area (Å²) in [4.78, 5) is 2.03. The monoisotopic (exact) mass is 400 g/mol. The van der Waals surface area contributed by atoms with Gasteiger partial charge in [-0.25, -0.2) is 0 Å². The minimum absolute atomic E-state index is 0.238. The molecule has 1 aromatic heterocycles. The summed E-state index contributed by atoms with van der Waals surface area (Å²) in [5.74, 6) is 1.35. The number of ether oxygens (including phenoxy) is 2. The van der Waals surface area contributed by atoms with E-state index >= 15 is 0 Å². The van der Waals surface area contributed by atoms with E-state index in [1.807, 2.05) is 66.0 Å². The van der Waals surface area contributed by atoms with Crippen LogP contribution in [0, 0.1) is 16.7 Å². The van der Waals surface area contributed by atoms with Crippen molar-refractivity contribution in [1.82, 2.24) is 4.57 Å². The van der Waals surface area contributed by atoms with Gasteiger partial charge in [-0.05, 0) is 47.9 Å². The quantitative estimate of drug-likeness (QED) is 0.723. The lowest BCUT2D eigenvalue weighted by Crippen LogP contribution is -2.28. The second-order valence-corrected chi connectivity index (χ2v) is 7.49. The molecular weight excluding hydrogens is 376 g/mol. The number of nitriles is 1. The van der Waals surface area contributed by atoms with E-state index in [-0.39, 0.29) is 5.49 Å². The first-order valence-electron chi connectivity index (χ1n) is 9.74. The van der Waals surface area contributed by atoms with Gasteiger partial charge in [-0.3, -0.25) is 5.41 Å². The molecule has 2 heterocycles. The van der Waals surface area contributed by atoms with Crippen LogP contribution in [0.1, 0.15) is 11.1 Å². The molecule has 1 N–H and O–H groups in total. The number of hydrogen-bond acceptors (Lipinski definition) is 5. The Kier molecular flexibility index (Phi) is 4.96. The standard InChI is InChI=1S/C24H24N4O2/c1-27(2)17-7-5-15(6-8-17)18-12-21-19-13-23(30-4)22(29-3)11-16(19)9-10-28(21)24(26)20(18)14-25/h5-8,11-13,26H,9-10H2,1-4H3. The van der Waals surface area contributed by atoms with Gasteiger partial charge in [0.25, 0.3) is 0 Å². The van der Waals surface area contributed by atoms with Crippen molar-refractivity contribution in [3.05, 3.63) is 59.1 Å². The maximum Gasteiger partial charge on any atom is 0.161 e. The van der Waals surface area contributed by atoms with Gasteiger partial charge in [0, 0.05) is 37.5 Å². The third-order valence-corrected chi connectivity index (χ3v) is 5.64. The highest BCUT2D eigenvalue weighted by Gasteiger charge is 2.23. The molecule has 1 aliphatic heterocycles. The number of anilines is 1. The first kappa shape index (κ1) is 19.6. The van der Waals surface area contributed by atoms with Crippen LogP contribution in [0.2, 0.25) is 0 Å². The topological polar surface area (TPSA) is 74.3 Å². The van der Waals surface area contributed by atoms with Gasteiger partial charge in [0.1, 0.15) is 17.1 Å². The van der Waals surface area contributed by atoms with Crippen LogP contribution in [0.4, 0.5) is 5.69 Å². The van der Waals surface area contributed by atoms with Crippen LogP contribution in [-0.4, -0.2) is 32.9 Å². The van der Waals surface area contributed by atoms with E-state index in [2.05, 4.69) is 6.07 Å².